The number of para-hydroxylation sites is 1. The number of nitrogens with one attached hydrogen (secondary N) is 4. The molecular weight excluding hydrogens is 500 g/mol. The van der Waals surface area contributed by atoms with Crippen molar-refractivity contribution in [2.24, 2.45) is 23.3 Å². The smallest absolute Gasteiger partial charge is 0.326 e. The van der Waals surface area contributed by atoms with Crippen LogP contribution >= 0.6 is 0 Å². The van der Waals surface area contributed by atoms with Crippen LogP contribution in [0.2, 0.25) is 0 Å². The van der Waals surface area contributed by atoms with Crippen molar-refractivity contribution in [2.75, 3.05) is 6.54 Å². The van der Waals surface area contributed by atoms with Gasteiger partial charge in [0.15, 0.2) is 0 Å². The van der Waals surface area contributed by atoms with Crippen LogP contribution in [0, 0.1) is 11.8 Å². The summed E-state index contributed by atoms with van der Waals surface area (Å²) in [4.78, 5) is 54.6. The lowest BCUT2D eigenvalue weighted by Gasteiger charge is -2.28. The Labute approximate surface area is 229 Å². The second kappa shape index (κ2) is 15.2. The molecule has 2 rings (SSSR count). The largest absolute Gasteiger partial charge is 0.480 e. The first kappa shape index (κ1) is 31.8. The molecule has 3 amide bonds. The van der Waals surface area contributed by atoms with E-state index in [0.717, 1.165) is 22.9 Å². The molecule has 5 atom stereocenters. The average Bonchev–Trinajstić information content (AvgIpc) is 3.31. The summed E-state index contributed by atoms with van der Waals surface area (Å²) in [6.45, 7) is 7.62. The van der Waals surface area contributed by atoms with Gasteiger partial charge in [0.2, 0.25) is 17.7 Å². The minimum Gasteiger partial charge on any atom is -0.480 e. The topological polar surface area (TPSA) is 192 Å². The van der Waals surface area contributed by atoms with E-state index in [1.165, 1.54) is 0 Å². The zero-order valence-electron chi connectivity index (χ0n) is 23.3. The molecule has 0 aliphatic rings. The molecule has 11 heteroatoms. The third-order valence-corrected chi connectivity index (χ3v) is 7.06. The normalized spacial score (nSPS) is 15.3. The summed E-state index contributed by atoms with van der Waals surface area (Å²) in [6.07, 6.45) is 4.35. The van der Waals surface area contributed by atoms with Crippen molar-refractivity contribution in [3.05, 3.63) is 36.0 Å². The van der Waals surface area contributed by atoms with Gasteiger partial charge in [-0.2, -0.15) is 0 Å². The number of nitrogens with two attached hydrogens (primary N) is 2. The number of benzene rings is 1. The number of carboxylic acid groups (broad SMARTS) is 1. The molecular formula is C28H44N6O5. The van der Waals surface area contributed by atoms with E-state index in [0.29, 0.717) is 25.8 Å². The third kappa shape index (κ3) is 9.07. The molecule has 0 saturated heterocycles. The number of hydrogen-bond donors (Lipinski definition) is 7. The van der Waals surface area contributed by atoms with Gasteiger partial charge in [0, 0.05) is 23.5 Å². The molecule has 11 nitrogen and oxygen atoms in total. The predicted molar refractivity (Wildman–Crippen MR) is 151 cm³/mol. The molecule has 216 valence electrons. The number of H-pyrrole nitrogens is 1. The number of aromatic amines is 1. The van der Waals surface area contributed by atoms with Crippen molar-refractivity contribution >= 4 is 34.6 Å². The van der Waals surface area contributed by atoms with E-state index in [-0.39, 0.29) is 18.3 Å². The van der Waals surface area contributed by atoms with Crippen LogP contribution in [-0.4, -0.2) is 64.5 Å². The number of hydrogen-bond acceptors (Lipinski definition) is 6. The van der Waals surface area contributed by atoms with Gasteiger partial charge in [-0.15, -0.1) is 0 Å². The molecule has 0 aliphatic heterocycles. The van der Waals surface area contributed by atoms with Crippen molar-refractivity contribution in [3.8, 4) is 0 Å². The van der Waals surface area contributed by atoms with Gasteiger partial charge in [-0.05, 0) is 42.9 Å². The van der Waals surface area contributed by atoms with Crippen molar-refractivity contribution in [1.29, 1.82) is 0 Å². The highest BCUT2D eigenvalue weighted by Crippen LogP contribution is 2.20. The van der Waals surface area contributed by atoms with Gasteiger partial charge in [0.1, 0.15) is 18.1 Å². The van der Waals surface area contributed by atoms with E-state index >= 15 is 0 Å². The number of amides is 3. The summed E-state index contributed by atoms with van der Waals surface area (Å²) in [6, 6.07) is 3.63. The first-order valence-electron chi connectivity index (χ1n) is 13.6. The van der Waals surface area contributed by atoms with Crippen LogP contribution in [-0.2, 0) is 25.6 Å². The van der Waals surface area contributed by atoms with E-state index in [1.807, 2.05) is 38.1 Å². The number of aliphatic carboxylic acids is 1. The van der Waals surface area contributed by atoms with Gasteiger partial charge in [-0.25, -0.2) is 4.79 Å². The SMILES string of the molecule is CCC(C)C(NC(=O)C(N)CCCCN)C(=O)NC(Cc1c[nH]c2ccccc12)C(=O)NC(C(=O)O)C(C)C. The second-order valence-electron chi connectivity index (χ2n) is 10.5. The Hall–Kier alpha value is -3.44. The van der Waals surface area contributed by atoms with Gasteiger partial charge < -0.3 is 37.5 Å². The first-order chi connectivity index (χ1) is 18.5. The molecule has 1 heterocycles. The standard InChI is InChI=1S/C28H44N6O5/c1-5-17(4)24(34-25(35)20(30)11-8-9-13-29)27(37)32-22(26(36)33-23(16(2)3)28(38)39)14-18-15-31-21-12-7-6-10-19(18)21/h6-7,10,12,15-17,20,22-24,31H,5,8-9,11,13-14,29-30H2,1-4H3,(H,32,37)(H,33,36)(H,34,35)(H,38,39). The van der Waals surface area contributed by atoms with E-state index in [2.05, 4.69) is 20.9 Å². The Kier molecular flexibility index (Phi) is 12.4. The summed E-state index contributed by atoms with van der Waals surface area (Å²) >= 11 is 0. The van der Waals surface area contributed by atoms with Crippen molar-refractivity contribution < 1.29 is 24.3 Å². The van der Waals surface area contributed by atoms with E-state index in [4.69, 9.17) is 11.5 Å². The molecule has 9 N–H and O–H groups in total. The summed E-state index contributed by atoms with van der Waals surface area (Å²) in [5.41, 5.74) is 13.2. The van der Waals surface area contributed by atoms with Crippen LogP contribution in [0.4, 0.5) is 0 Å². The molecule has 0 aliphatic carbocycles. The van der Waals surface area contributed by atoms with Crippen molar-refractivity contribution in [2.45, 2.75) is 84.0 Å². The van der Waals surface area contributed by atoms with Gasteiger partial charge in [0.05, 0.1) is 6.04 Å². The van der Waals surface area contributed by atoms with E-state index in [1.54, 1.807) is 20.0 Å². The Morgan fingerprint density at radius 1 is 0.949 bits per heavy atom. The number of unbranched alkanes of at least 4 members (excludes halogenated alkanes) is 1. The lowest BCUT2D eigenvalue weighted by molar-refractivity contribution is -0.143. The molecule has 0 saturated carbocycles. The van der Waals surface area contributed by atoms with Crippen LogP contribution in [0.3, 0.4) is 0 Å². The van der Waals surface area contributed by atoms with Crippen LogP contribution in [0.5, 0.6) is 0 Å². The second-order valence-corrected chi connectivity index (χ2v) is 10.5. The number of carbonyl (C=O) groups excluding carboxylic acids is 3. The van der Waals surface area contributed by atoms with Crippen LogP contribution < -0.4 is 27.4 Å². The molecule has 2 aromatic rings. The zero-order chi connectivity index (χ0) is 29.1. The van der Waals surface area contributed by atoms with Gasteiger partial charge in [0.25, 0.3) is 0 Å². The highest BCUT2D eigenvalue weighted by atomic mass is 16.4. The Balaban J connectivity index is 2.30. The number of aromatic nitrogens is 1. The maximum Gasteiger partial charge on any atom is 0.326 e. The number of rotatable bonds is 16. The molecule has 0 radical (unpaired) electrons. The number of carbonyl (C=O) groups is 4. The molecule has 5 unspecified atom stereocenters. The predicted octanol–water partition coefficient (Wildman–Crippen LogP) is 1.41. The molecule has 0 fully saturated rings. The average molecular weight is 545 g/mol. The lowest BCUT2D eigenvalue weighted by Crippen LogP contribution is -2.59. The Bertz CT molecular complexity index is 1120. The minimum atomic E-state index is -1.16. The highest BCUT2D eigenvalue weighted by molar-refractivity contribution is 5.95. The van der Waals surface area contributed by atoms with Crippen molar-refractivity contribution in [3.63, 3.8) is 0 Å². The number of fused-ring (bicyclic) bond motifs is 1. The van der Waals surface area contributed by atoms with Crippen LogP contribution in [0.15, 0.2) is 30.5 Å². The highest BCUT2D eigenvalue weighted by Gasteiger charge is 2.33. The molecule has 39 heavy (non-hydrogen) atoms. The van der Waals surface area contributed by atoms with Crippen LogP contribution in [0.1, 0.15) is 58.9 Å². The van der Waals surface area contributed by atoms with E-state index in [9.17, 15) is 24.3 Å². The first-order valence-corrected chi connectivity index (χ1v) is 13.6. The van der Waals surface area contributed by atoms with Crippen molar-refractivity contribution in [1.82, 2.24) is 20.9 Å². The molecule has 0 spiro atoms. The zero-order valence-corrected chi connectivity index (χ0v) is 23.3. The lowest BCUT2D eigenvalue weighted by atomic mass is 9.96. The summed E-state index contributed by atoms with van der Waals surface area (Å²) in [5, 5.41) is 18.6. The van der Waals surface area contributed by atoms with Gasteiger partial charge in [-0.3, -0.25) is 14.4 Å². The maximum atomic E-state index is 13.5. The maximum absolute atomic E-state index is 13.5. The Morgan fingerprint density at radius 3 is 2.23 bits per heavy atom. The van der Waals surface area contributed by atoms with Crippen LogP contribution in [0.25, 0.3) is 10.9 Å². The summed E-state index contributed by atoms with van der Waals surface area (Å²) in [5.74, 6) is -3.39. The minimum absolute atomic E-state index is 0.117. The van der Waals surface area contributed by atoms with E-state index < -0.39 is 47.9 Å². The molecule has 1 aromatic heterocycles. The monoisotopic (exact) mass is 544 g/mol. The fourth-order valence-electron chi connectivity index (χ4n) is 4.36. The quantitative estimate of drug-likeness (QED) is 0.155. The third-order valence-electron chi connectivity index (χ3n) is 7.06. The van der Waals surface area contributed by atoms with Gasteiger partial charge >= 0.3 is 5.97 Å². The molecule has 1 aromatic carbocycles. The fourth-order valence-corrected chi connectivity index (χ4v) is 4.36. The number of carboxylic acids is 1. The Morgan fingerprint density at radius 2 is 1.62 bits per heavy atom. The molecule has 0 bridgehead atoms. The summed E-state index contributed by atoms with van der Waals surface area (Å²) < 4.78 is 0. The fraction of sp³-hybridized carbons (Fsp3) is 0.571. The van der Waals surface area contributed by atoms with Gasteiger partial charge in [-0.1, -0.05) is 58.7 Å². The summed E-state index contributed by atoms with van der Waals surface area (Å²) in [7, 11) is 0.